The summed E-state index contributed by atoms with van der Waals surface area (Å²) in [5.41, 5.74) is 2.93. The third-order valence-corrected chi connectivity index (χ3v) is 3.75. The minimum atomic E-state index is -0.0558. The number of aryl methyl sites for hydroxylation is 2. The zero-order chi connectivity index (χ0) is 14.7. The molecule has 0 aliphatic carbocycles. The lowest BCUT2D eigenvalue weighted by atomic mass is 10.1. The fourth-order valence-electron chi connectivity index (χ4n) is 2.54. The van der Waals surface area contributed by atoms with Crippen LogP contribution in [0.1, 0.15) is 23.9 Å². The van der Waals surface area contributed by atoms with Crippen molar-refractivity contribution in [3.05, 3.63) is 17.0 Å². The predicted octanol–water partition coefficient (Wildman–Crippen LogP) is 0.500. The molecule has 6 heteroatoms. The Morgan fingerprint density at radius 1 is 1.50 bits per heavy atom. The van der Waals surface area contributed by atoms with Crippen molar-refractivity contribution in [2.45, 2.75) is 39.3 Å². The van der Waals surface area contributed by atoms with Crippen LogP contribution in [0.5, 0.6) is 0 Å². The maximum Gasteiger partial charge on any atom is 0.224 e. The Morgan fingerprint density at radius 2 is 2.25 bits per heavy atom. The summed E-state index contributed by atoms with van der Waals surface area (Å²) < 4.78 is 12.7. The number of amides is 1. The summed E-state index contributed by atoms with van der Waals surface area (Å²) in [6.07, 6.45) is 0.306. The van der Waals surface area contributed by atoms with Crippen molar-refractivity contribution in [2.75, 3.05) is 19.8 Å². The Labute approximate surface area is 119 Å². The smallest absolute Gasteiger partial charge is 0.224 e. The number of carbonyl (C=O) groups excluding carboxylic acids is 1. The van der Waals surface area contributed by atoms with Crippen molar-refractivity contribution >= 4 is 5.91 Å². The first kappa shape index (κ1) is 15.0. The lowest BCUT2D eigenvalue weighted by Crippen LogP contribution is -2.44. The minimum Gasteiger partial charge on any atom is -0.376 e. The van der Waals surface area contributed by atoms with Crippen molar-refractivity contribution in [2.24, 2.45) is 7.05 Å². The first-order valence-corrected chi connectivity index (χ1v) is 7.00. The van der Waals surface area contributed by atoms with E-state index in [-0.39, 0.29) is 18.1 Å². The van der Waals surface area contributed by atoms with Gasteiger partial charge in [0.25, 0.3) is 0 Å². The molecule has 1 fully saturated rings. The van der Waals surface area contributed by atoms with Gasteiger partial charge in [-0.3, -0.25) is 9.48 Å². The number of nitrogens with one attached hydrogen (secondary N) is 1. The van der Waals surface area contributed by atoms with Crippen LogP contribution in [0, 0.1) is 13.8 Å². The molecule has 2 heterocycles. The van der Waals surface area contributed by atoms with Crippen LogP contribution in [-0.2, 0) is 27.7 Å². The maximum atomic E-state index is 12.2. The van der Waals surface area contributed by atoms with Gasteiger partial charge in [0.15, 0.2) is 0 Å². The molecular formula is C14H23N3O3. The van der Waals surface area contributed by atoms with Gasteiger partial charge < -0.3 is 14.8 Å². The van der Waals surface area contributed by atoms with E-state index in [1.165, 1.54) is 0 Å². The van der Waals surface area contributed by atoms with Crippen LogP contribution < -0.4 is 5.32 Å². The number of nitrogens with zero attached hydrogens (tertiary/aromatic N) is 2. The summed E-state index contributed by atoms with van der Waals surface area (Å²) in [5.74, 6) is -0.00981. The normalized spacial score (nSPS) is 22.2. The standard InChI is InChI=1S/C14H23N3O3/c1-5-20-13-8-19-7-12(13)15-14(18)6-11-9(2)16-17(4)10(11)3/h12-13H,5-8H2,1-4H3,(H,15,18)/t12-,13-/m1/s1. The summed E-state index contributed by atoms with van der Waals surface area (Å²) in [5, 5.41) is 7.33. The molecule has 2 rings (SSSR count). The number of carbonyl (C=O) groups is 1. The summed E-state index contributed by atoms with van der Waals surface area (Å²) >= 11 is 0. The van der Waals surface area contributed by atoms with E-state index in [1.54, 1.807) is 4.68 Å². The van der Waals surface area contributed by atoms with Gasteiger partial charge in [0.1, 0.15) is 6.10 Å². The largest absolute Gasteiger partial charge is 0.376 e. The minimum absolute atomic E-state index is 0.00981. The van der Waals surface area contributed by atoms with Crippen LogP contribution in [0.4, 0.5) is 0 Å². The topological polar surface area (TPSA) is 65.4 Å². The molecule has 0 aromatic carbocycles. The zero-order valence-corrected chi connectivity index (χ0v) is 12.6. The van der Waals surface area contributed by atoms with Gasteiger partial charge in [-0.25, -0.2) is 0 Å². The quantitative estimate of drug-likeness (QED) is 0.853. The number of hydrogen-bond donors (Lipinski definition) is 1. The van der Waals surface area contributed by atoms with E-state index >= 15 is 0 Å². The molecule has 0 unspecified atom stereocenters. The molecule has 0 bridgehead atoms. The highest BCUT2D eigenvalue weighted by Crippen LogP contribution is 2.14. The number of ether oxygens (including phenoxy) is 2. The Morgan fingerprint density at radius 3 is 2.85 bits per heavy atom. The Hall–Kier alpha value is -1.40. The molecule has 1 N–H and O–H groups in total. The highest BCUT2D eigenvalue weighted by molar-refractivity contribution is 5.79. The molecule has 0 radical (unpaired) electrons. The van der Waals surface area contributed by atoms with E-state index in [4.69, 9.17) is 9.47 Å². The van der Waals surface area contributed by atoms with Gasteiger partial charge in [-0.1, -0.05) is 0 Å². The van der Waals surface area contributed by atoms with Crippen molar-refractivity contribution in [1.29, 1.82) is 0 Å². The van der Waals surface area contributed by atoms with E-state index in [1.807, 2.05) is 27.8 Å². The third-order valence-electron chi connectivity index (χ3n) is 3.75. The molecule has 1 aromatic heterocycles. The van der Waals surface area contributed by atoms with E-state index < -0.39 is 0 Å². The van der Waals surface area contributed by atoms with Gasteiger partial charge in [-0.15, -0.1) is 0 Å². The molecule has 0 spiro atoms. The van der Waals surface area contributed by atoms with Crippen molar-refractivity contribution in [1.82, 2.24) is 15.1 Å². The first-order valence-electron chi connectivity index (χ1n) is 7.00. The van der Waals surface area contributed by atoms with Crippen LogP contribution in [0.2, 0.25) is 0 Å². The van der Waals surface area contributed by atoms with Gasteiger partial charge in [0.2, 0.25) is 5.91 Å². The Kier molecular flexibility index (Phi) is 4.77. The fourth-order valence-corrected chi connectivity index (χ4v) is 2.54. The molecule has 1 aliphatic rings. The van der Waals surface area contributed by atoms with Crippen LogP contribution in [0.3, 0.4) is 0 Å². The molecule has 1 aliphatic heterocycles. The third kappa shape index (κ3) is 3.19. The molecule has 6 nitrogen and oxygen atoms in total. The second kappa shape index (κ2) is 6.37. The Balaban J connectivity index is 1.95. The monoisotopic (exact) mass is 281 g/mol. The molecule has 2 atom stereocenters. The van der Waals surface area contributed by atoms with Crippen LogP contribution in [0.25, 0.3) is 0 Å². The average molecular weight is 281 g/mol. The highest BCUT2D eigenvalue weighted by Gasteiger charge is 2.30. The number of aromatic nitrogens is 2. The second-order valence-corrected chi connectivity index (χ2v) is 5.16. The van der Waals surface area contributed by atoms with E-state index in [2.05, 4.69) is 10.4 Å². The summed E-state index contributed by atoms with van der Waals surface area (Å²) in [7, 11) is 1.89. The number of hydrogen-bond acceptors (Lipinski definition) is 4. The molecule has 1 saturated heterocycles. The summed E-state index contributed by atoms with van der Waals surface area (Å²) in [4.78, 5) is 12.2. The van der Waals surface area contributed by atoms with Crippen molar-refractivity contribution in [3.63, 3.8) is 0 Å². The molecular weight excluding hydrogens is 258 g/mol. The molecule has 1 aromatic rings. The molecule has 0 saturated carbocycles. The van der Waals surface area contributed by atoms with Gasteiger partial charge >= 0.3 is 0 Å². The predicted molar refractivity (Wildman–Crippen MR) is 74.5 cm³/mol. The van der Waals surface area contributed by atoms with Crippen LogP contribution in [0.15, 0.2) is 0 Å². The summed E-state index contributed by atoms with van der Waals surface area (Å²) in [6.45, 7) is 7.54. The van der Waals surface area contributed by atoms with Gasteiger partial charge in [0.05, 0.1) is 31.4 Å². The van der Waals surface area contributed by atoms with Crippen LogP contribution in [-0.4, -0.2) is 47.7 Å². The molecule has 112 valence electrons. The maximum absolute atomic E-state index is 12.2. The SMILES string of the molecule is CCO[C@@H]1COC[C@H]1NC(=O)Cc1c(C)nn(C)c1C. The zero-order valence-electron chi connectivity index (χ0n) is 12.6. The van der Waals surface area contributed by atoms with Gasteiger partial charge in [0, 0.05) is 24.9 Å². The lowest BCUT2D eigenvalue weighted by molar-refractivity contribution is -0.122. The molecule has 20 heavy (non-hydrogen) atoms. The Bertz CT molecular complexity index is 484. The number of rotatable bonds is 5. The van der Waals surface area contributed by atoms with Crippen molar-refractivity contribution < 1.29 is 14.3 Å². The van der Waals surface area contributed by atoms with Gasteiger partial charge in [-0.05, 0) is 20.8 Å². The molecule has 1 amide bonds. The fraction of sp³-hybridized carbons (Fsp3) is 0.714. The lowest BCUT2D eigenvalue weighted by Gasteiger charge is -2.18. The van der Waals surface area contributed by atoms with Crippen LogP contribution >= 0.6 is 0 Å². The first-order chi connectivity index (χ1) is 9.52. The average Bonchev–Trinajstić information content (AvgIpc) is 2.91. The van der Waals surface area contributed by atoms with E-state index in [0.29, 0.717) is 26.2 Å². The second-order valence-electron chi connectivity index (χ2n) is 5.16. The van der Waals surface area contributed by atoms with Crippen molar-refractivity contribution in [3.8, 4) is 0 Å². The van der Waals surface area contributed by atoms with E-state index in [0.717, 1.165) is 17.0 Å². The van der Waals surface area contributed by atoms with Gasteiger partial charge in [-0.2, -0.15) is 5.10 Å². The highest BCUT2D eigenvalue weighted by atomic mass is 16.5. The summed E-state index contributed by atoms with van der Waals surface area (Å²) in [6, 6.07) is -0.0558. The van der Waals surface area contributed by atoms with E-state index in [9.17, 15) is 4.79 Å².